The van der Waals surface area contributed by atoms with Crippen LogP contribution in [0.5, 0.6) is 0 Å². The van der Waals surface area contributed by atoms with Gasteiger partial charge >= 0.3 is 29.6 Å². The Balaban J connectivity index is 0.00000264. The van der Waals surface area contributed by atoms with Crippen LogP contribution >= 0.6 is 23.2 Å². The van der Waals surface area contributed by atoms with Gasteiger partial charge in [0, 0.05) is 5.69 Å². The Labute approximate surface area is 164 Å². The molecule has 1 aromatic heterocycles. The van der Waals surface area contributed by atoms with Crippen LogP contribution in [0.4, 0.5) is 11.6 Å². The fraction of sp³-hybridized carbons (Fsp3) is 0.182. The molecule has 0 atom stereocenters. The average molecular weight is 387 g/mol. The van der Waals surface area contributed by atoms with Crippen LogP contribution in [-0.4, -0.2) is 34.5 Å². The molecule has 12 heteroatoms. The molecule has 0 aliphatic heterocycles. The molecule has 0 amide bonds. The van der Waals surface area contributed by atoms with Gasteiger partial charge in [0.2, 0.25) is 26.9 Å². The molecule has 8 nitrogen and oxygen atoms in total. The van der Waals surface area contributed by atoms with Gasteiger partial charge in [0.25, 0.3) is 0 Å². The van der Waals surface area contributed by atoms with Gasteiger partial charge in [-0.1, -0.05) is 12.1 Å². The van der Waals surface area contributed by atoms with Crippen LogP contribution in [-0.2, 0) is 21.0 Å². The summed E-state index contributed by atoms with van der Waals surface area (Å²) >= 11 is 11.3. The van der Waals surface area contributed by atoms with Crippen molar-refractivity contribution in [3.8, 4) is 0 Å². The molecule has 0 fully saturated rings. The Hall–Kier alpha value is -0.520. The van der Waals surface area contributed by atoms with Crippen molar-refractivity contribution in [3.63, 3.8) is 0 Å². The van der Waals surface area contributed by atoms with Crippen LogP contribution < -0.4 is 34.9 Å². The van der Waals surface area contributed by atoms with E-state index in [4.69, 9.17) is 23.2 Å². The minimum absolute atomic E-state index is 0. The molecule has 0 bridgehead atoms. The molecular weight excluding hydrogens is 378 g/mol. The Morgan fingerprint density at radius 1 is 1.09 bits per heavy atom. The largest absolute Gasteiger partial charge is 1.00 e. The summed E-state index contributed by atoms with van der Waals surface area (Å²) in [6.45, 7) is -0.211. The van der Waals surface area contributed by atoms with Gasteiger partial charge in [-0.2, -0.15) is 15.0 Å². The minimum atomic E-state index is -4.66. The van der Waals surface area contributed by atoms with Crippen LogP contribution in [0.3, 0.4) is 0 Å². The third-order valence-corrected chi connectivity index (χ3v) is 3.20. The van der Waals surface area contributed by atoms with Crippen molar-refractivity contribution in [3.05, 3.63) is 40.4 Å². The van der Waals surface area contributed by atoms with E-state index in [1.54, 1.807) is 24.3 Å². The van der Waals surface area contributed by atoms with E-state index in [1.807, 2.05) is 0 Å². The van der Waals surface area contributed by atoms with E-state index in [0.29, 0.717) is 5.69 Å². The van der Waals surface area contributed by atoms with E-state index in [-0.39, 0.29) is 59.1 Å². The summed E-state index contributed by atoms with van der Waals surface area (Å²) in [4.78, 5) is 11.3. The predicted molar refractivity (Wildman–Crippen MR) is 78.9 cm³/mol. The molecule has 1 heterocycles. The van der Waals surface area contributed by atoms with Gasteiger partial charge in [-0.15, -0.1) is 0 Å². The first-order chi connectivity index (χ1) is 10.3. The molecule has 0 aliphatic rings. The molecular formula is C11H9Cl2N4NaO4S. The van der Waals surface area contributed by atoms with Gasteiger partial charge in [-0.25, -0.2) is 8.42 Å². The first kappa shape index (κ1) is 20.5. The Morgan fingerprint density at radius 2 is 1.65 bits per heavy atom. The molecule has 0 unspecified atom stereocenters. The van der Waals surface area contributed by atoms with Gasteiger partial charge in [0.05, 0.1) is 6.61 Å². The fourth-order valence-electron chi connectivity index (χ4n) is 1.53. The summed E-state index contributed by atoms with van der Waals surface area (Å²) in [5, 5.41) is 2.82. The molecule has 2 aromatic rings. The third-order valence-electron chi connectivity index (χ3n) is 2.41. The molecule has 1 aromatic carbocycles. The summed E-state index contributed by atoms with van der Waals surface area (Å²) in [5.41, 5.74) is 1.46. The number of hydrogen-bond donors (Lipinski definition) is 1. The van der Waals surface area contributed by atoms with Crippen LogP contribution in [0.2, 0.25) is 10.6 Å². The van der Waals surface area contributed by atoms with E-state index < -0.39 is 10.4 Å². The van der Waals surface area contributed by atoms with Gasteiger partial charge < -0.3 is 9.87 Å². The van der Waals surface area contributed by atoms with Gasteiger partial charge in [-0.3, -0.25) is 4.18 Å². The van der Waals surface area contributed by atoms with Crippen LogP contribution in [0.15, 0.2) is 24.3 Å². The zero-order valence-corrected chi connectivity index (χ0v) is 16.2. The molecule has 0 aliphatic carbocycles. The minimum Gasteiger partial charge on any atom is -0.726 e. The second-order valence-corrected chi connectivity index (χ2v) is 5.73. The third kappa shape index (κ3) is 7.73. The van der Waals surface area contributed by atoms with Crippen molar-refractivity contribution in [1.29, 1.82) is 0 Å². The van der Waals surface area contributed by atoms with Crippen molar-refractivity contribution in [1.82, 2.24) is 15.0 Å². The number of nitrogens with one attached hydrogen (secondary N) is 1. The van der Waals surface area contributed by atoms with Crippen molar-refractivity contribution < 1.29 is 46.7 Å². The summed E-state index contributed by atoms with van der Waals surface area (Å²) in [7, 11) is -4.66. The SMILES string of the molecule is O=S(=O)([O-])OCCc1ccc(Nc2nc(Cl)nc(Cl)n2)cc1.[Na+]. The number of halogens is 2. The number of anilines is 2. The van der Waals surface area contributed by atoms with E-state index in [0.717, 1.165) is 5.56 Å². The zero-order chi connectivity index (χ0) is 16.2. The van der Waals surface area contributed by atoms with Crippen LogP contribution in [0.1, 0.15) is 5.56 Å². The van der Waals surface area contributed by atoms with E-state index in [1.165, 1.54) is 0 Å². The van der Waals surface area contributed by atoms with E-state index >= 15 is 0 Å². The van der Waals surface area contributed by atoms with Gasteiger partial charge in [0.15, 0.2) is 0 Å². The summed E-state index contributed by atoms with van der Waals surface area (Å²) in [6, 6.07) is 6.89. The predicted octanol–water partition coefficient (Wildman–Crippen LogP) is -1.05. The Bertz CT molecular complexity index is 741. The molecule has 0 radical (unpaired) electrons. The summed E-state index contributed by atoms with van der Waals surface area (Å²) in [6.07, 6.45) is 0.283. The summed E-state index contributed by atoms with van der Waals surface area (Å²) in [5.74, 6) is 0.193. The summed E-state index contributed by atoms with van der Waals surface area (Å²) < 4.78 is 35.0. The maximum Gasteiger partial charge on any atom is 1.00 e. The quantitative estimate of drug-likeness (QED) is 0.379. The van der Waals surface area contributed by atoms with Crippen LogP contribution in [0, 0.1) is 0 Å². The molecule has 118 valence electrons. The van der Waals surface area contributed by atoms with Crippen molar-refractivity contribution in [2.45, 2.75) is 6.42 Å². The Morgan fingerprint density at radius 3 is 2.17 bits per heavy atom. The van der Waals surface area contributed by atoms with Crippen LogP contribution in [0.25, 0.3) is 0 Å². The maximum atomic E-state index is 10.3. The number of aromatic nitrogens is 3. The smallest absolute Gasteiger partial charge is 0.726 e. The average Bonchev–Trinajstić information content (AvgIpc) is 2.38. The number of benzene rings is 1. The standard InChI is InChI=1S/C11H10Cl2N4O4S.Na/c12-9-15-10(13)17-11(16-9)14-8-3-1-7(2-4-8)5-6-21-22(18,19)20;/h1-4H,5-6H2,(H,18,19,20)(H,14,15,16,17);/q;+1/p-1. The second-order valence-electron chi connectivity index (χ2n) is 4.00. The zero-order valence-electron chi connectivity index (χ0n) is 11.9. The first-order valence-corrected chi connectivity index (χ1v) is 7.94. The monoisotopic (exact) mass is 386 g/mol. The number of nitrogens with zero attached hydrogens (tertiary/aromatic N) is 3. The van der Waals surface area contributed by atoms with Gasteiger partial charge in [0.1, 0.15) is 0 Å². The van der Waals surface area contributed by atoms with Gasteiger partial charge in [-0.05, 0) is 47.3 Å². The maximum absolute atomic E-state index is 10.3. The van der Waals surface area contributed by atoms with Crippen molar-refractivity contribution in [2.75, 3.05) is 11.9 Å². The molecule has 0 spiro atoms. The fourth-order valence-corrected chi connectivity index (χ4v) is 2.18. The van der Waals surface area contributed by atoms with Crippen molar-refractivity contribution in [2.24, 2.45) is 0 Å². The molecule has 23 heavy (non-hydrogen) atoms. The Kier molecular flexibility index (Phi) is 8.11. The molecule has 0 saturated carbocycles. The second kappa shape index (κ2) is 9.09. The normalized spacial score (nSPS) is 10.9. The van der Waals surface area contributed by atoms with E-state index in [9.17, 15) is 13.0 Å². The van der Waals surface area contributed by atoms with E-state index in [2.05, 4.69) is 24.5 Å². The van der Waals surface area contributed by atoms with Crippen molar-refractivity contribution >= 4 is 45.2 Å². The number of rotatable bonds is 6. The first-order valence-electron chi connectivity index (χ1n) is 5.85. The molecule has 2 rings (SSSR count). The number of hydrogen-bond acceptors (Lipinski definition) is 8. The topological polar surface area (TPSA) is 117 Å². The molecule has 1 N–H and O–H groups in total. The molecule has 0 saturated heterocycles.